The molecule has 0 unspecified atom stereocenters. The summed E-state index contributed by atoms with van der Waals surface area (Å²) in [6.45, 7) is -1.59. The van der Waals surface area contributed by atoms with Crippen molar-refractivity contribution in [3.8, 4) is 0 Å². The minimum absolute atomic E-state index is 0.751. The first-order valence-electron chi connectivity index (χ1n) is 4.82. The van der Waals surface area contributed by atoms with E-state index >= 15 is 0 Å². The first-order valence-corrected chi connectivity index (χ1v) is 4.82. The third-order valence-electron chi connectivity index (χ3n) is 2.29. The van der Waals surface area contributed by atoms with Crippen LogP contribution in [0.5, 0.6) is 0 Å². The van der Waals surface area contributed by atoms with Crippen molar-refractivity contribution in [1.29, 1.82) is 0 Å². The second kappa shape index (κ2) is 7.48. The second-order valence-corrected chi connectivity index (χ2v) is 3.51. The predicted molar refractivity (Wildman–Crippen MR) is 53.8 cm³/mol. The number of rotatable bonds is 8. The molecule has 0 aromatic carbocycles. The molecular formula is C8H17NO8. The lowest BCUT2D eigenvalue weighted by Gasteiger charge is -2.28. The van der Waals surface area contributed by atoms with Gasteiger partial charge in [-0.1, -0.05) is 0 Å². The topological polar surface area (TPSA) is 154 Å². The van der Waals surface area contributed by atoms with Gasteiger partial charge in [0.15, 0.2) is 0 Å². The molecule has 102 valence electrons. The Kier molecular flexibility index (Phi) is 7.11. The SMILES string of the molecule is CO[C@H](C[N+](=O)[O-])[C@H](O)[C@@H](O)[C@@H](O)[C@H](O)CO. The van der Waals surface area contributed by atoms with Crippen LogP contribution in [0.4, 0.5) is 0 Å². The fraction of sp³-hybridized carbons (Fsp3) is 1.00. The second-order valence-electron chi connectivity index (χ2n) is 3.51. The van der Waals surface area contributed by atoms with Gasteiger partial charge in [0.05, 0.1) is 6.61 Å². The van der Waals surface area contributed by atoms with Gasteiger partial charge in [-0.05, 0) is 0 Å². The Hall–Kier alpha value is -0.840. The minimum atomic E-state index is -1.87. The van der Waals surface area contributed by atoms with Crippen molar-refractivity contribution in [1.82, 2.24) is 0 Å². The van der Waals surface area contributed by atoms with E-state index in [2.05, 4.69) is 4.74 Å². The zero-order chi connectivity index (χ0) is 13.6. The summed E-state index contributed by atoms with van der Waals surface area (Å²) in [6, 6.07) is 0. The van der Waals surface area contributed by atoms with Crippen LogP contribution in [0.3, 0.4) is 0 Å². The van der Waals surface area contributed by atoms with Gasteiger partial charge in [-0.3, -0.25) is 10.1 Å². The molecule has 0 bridgehead atoms. The van der Waals surface area contributed by atoms with E-state index < -0.39 is 48.6 Å². The van der Waals surface area contributed by atoms with E-state index in [1.807, 2.05) is 0 Å². The maximum absolute atomic E-state index is 10.2. The standard InChI is InChI=1S/C8H17NO8/c1-17-5(2-9(15)16)7(13)8(14)6(12)4(11)3-10/h4-8,10-14H,2-3H2,1H3/t4-,5-,6+,7+,8+/m1/s1. The Morgan fingerprint density at radius 3 is 2.06 bits per heavy atom. The smallest absolute Gasteiger partial charge is 0.232 e. The van der Waals surface area contributed by atoms with Gasteiger partial charge >= 0.3 is 0 Å². The number of hydrogen-bond donors (Lipinski definition) is 5. The van der Waals surface area contributed by atoms with Crippen molar-refractivity contribution in [2.24, 2.45) is 0 Å². The van der Waals surface area contributed by atoms with Gasteiger partial charge in [-0.15, -0.1) is 0 Å². The Balaban J connectivity index is 4.53. The van der Waals surface area contributed by atoms with Gasteiger partial charge in [-0.2, -0.15) is 0 Å². The number of aliphatic hydroxyl groups excluding tert-OH is 5. The van der Waals surface area contributed by atoms with Gasteiger partial charge in [0.2, 0.25) is 6.54 Å². The summed E-state index contributed by atoms with van der Waals surface area (Å²) < 4.78 is 4.60. The highest BCUT2D eigenvalue weighted by atomic mass is 16.6. The van der Waals surface area contributed by atoms with E-state index in [9.17, 15) is 25.4 Å². The Morgan fingerprint density at radius 1 is 1.18 bits per heavy atom. The number of nitro groups is 1. The molecule has 0 amide bonds. The van der Waals surface area contributed by atoms with Crippen LogP contribution in [0.1, 0.15) is 0 Å². The maximum atomic E-state index is 10.2. The van der Waals surface area contributed by atoms with Gasteiger partial charge < -0.3 is 30.3 Å². The van der Waals surface area contributed by atoms with Gasteiger partial charge in [-0.25, -0.2) is 0 Å². The summed E-state index contributed by atoms with van der Waals surface area (Å²) in [6.07, 6.45) is -8.46. The van der Waals surface area contributed by atoms with Crippen LogP contribution in [0.25, 0.3) is 0 Å². The fourth-order valence-electron chi connectivity index (χ4n) is 1.23. The third kappa shape index (κ3) is 4.89. The van der Waals surface area contributed by atoms with Gasteiger partial charge in [0.25, 0.3) is 0 Å². The molecule has 0 aliphatic heterocycles. The molecule has 0 radical (unpaired) electrons. The van der Waals surface area contributed by atoms with Crippen molar-refractivity contribution in [3.05, 3.63) is 10.1 Å². The number of aliphatic hydroxyl groups is 5. The van der Waals surface area contributed by atoms with Crippen LogP contribution in [0, 0.1) is 10.1 Å². The highest BCUT2D eigenvalue weighted by molar-refractivity contribution is 4.85. The lowest BCUT2D eigenvalue weighted by Crippen LogP contribution is -2.51. The van der Waals surface area contributed by atoms with Crippen LogP contribution in [0.2, 0.25) is 0 Å². The van der Waals surface area contributed by atoms with Crippen molar-refractivity contribution in [3.63, 3.8) is 0 Å². The molecule has 0 heterocycles. The van der Waals surface area contributed by atoms with Crippen molar-refractivity contribution in [2.75, 3.05) is 20.3 Å². The molecule has 0 fully saturated rings. The average Bonchev–Trinajstić information content (AvgIpc) is 2.31. The van der Waals surface area contributed by atoms with Crippen molar-refractivity contribution < 1.29 is 35.2 Å². The van der Waals surface area contributed by atoms with Crippen LogP contribution in [-0.2, 0) is 4.74 Å². The van der Waals surface area contributed by atoms with E-state index in [1.54, 1.807) is 0 Å². The number of nitrogens with zero attached hydrogens (tertiary/aromatic N) is 1. The van der Waals surface area contributed by atoms with Crippen LogP contribution in [-0.4, -0.2) is 81.2 Å². The largest absolute Gasteiger partial charge is 0.394 e. The molecule has 0 saturated carbocycles. The molecule has 0 rings (SSSR count). The minimum Gasteiger partial charge on any atom is -0.394 e. The molecule has 0 spiro atoms. The van der Waals surface area contributed by atoms with E-state index in [0.29, 0.717) is 0 Å². The molecule has 0 aromatic rings. The first-order chi connectivity index (χ1) is 7.84. The molecule has 0 aromatic heterocycles. The monoisotopic (exact) mass is 255 g/mol. The van der Waals surface area contributed by atoms with E-state index in [4.69, 9.17) is 10.2 Å². The van der Waals surface area contributed by atoms with E-state index in [1.165, 1.54) is 0 Å². The molecule has 9 heteroatoms. The highest BCUT2D eigenvalue weighted by Crippen LogP contribution is 2.10. The van der Waals surface area contributed by atoms with Crippen LogP contribution < -0.4 is 0 Å². The molecule has 17 heavy (non-hydrogen) atoms. The maximum Gasteiger partial charge on any atom is 0.232 e. The van der Waals surface area contributed by atoms with E-state index in [-0.39, 0.29) is 0 Å². The summed E-state index contributed by atoms with van der Waals surface area (Å²) in [5.74, 6) is 0. The Labute approximate surface area is 97.0 Å². The van der Waals surface area contributed by atoms with Gasteiger partial charge in [0, 0.05) is 12.0 Å². The first kappa shape index (κ1) is 16.2. The fourth-order valence-corrected chi connectivity index (χ4v) is 1.23. The van der Waals surface area contributed by atoms with Crippen molar-refractivity contribution >= 4 is 0 Å². The van der Waals surface area contributed by atoms with Crippen LogP contribution >= 0.6 is 0 Å². The number of methoxy groups -OCH3 is 1. The normalized spacial score (nSPS) is 20.4. The molecule has 0 saturated heterocycles. The van der Waals surface area contributed by atoms with Crippen LogP contribution in [0.15, 0.2) is 0 Å². The summed E-state index contributed by atoms with van der Waals surface area (Å²) in [5.41, 5.74) is 0. The molecule has 5 N–H and O–H groups in total. The summed E-state index contributed by atoms with van der Waals surface area (Å²) in [4.78, 5) is 9.49. The predicted octanol–water partition coefficient (Wildman–Crippen LogP) is -3.29. The number of hydrogen-bond acceptors (Lipinski definition) is 8. The Morgan fingerprint density at radius 2 is 1.71 bits per heavy atom. The Bertz CT molecular complexity index is 238. The quantitative estimate of drug-likeness (QED) is 0.223. The molecular weight excluding hydrogens is 238 g/mol. The zero-order valence-electron chi connectivity index (χ0n) is 9.21. The molecule has 5 atom stereocenters. The lowest BCUT2D eigenvalue weighted by atomic mass is 9.99. The molecule has 9 nitrogen and oxygen atoms in total. The summed E-state index contributed by atoms with van der Waals surface area (Å²) >= 11 is 0. The molecule has 0 aliphatic rings. The lowest BCUT2D eigenvalue weighted by molar-refractivity contribution is -0.494. The highest BCUT2D eigenvalue weighted by Gasteiger charge is 2.36. The molecule has 0 aliphatic carbocycles. The summed E-state index contributed by atoms with van der Waals surface area (Å²) in [7, 11) is 1.10. The van der Waals surface area contributed by atoms with Crippen molar-refractivity contribution in [2.45, 2.75) is 30.5 Å². The average molecular weight is 255 g/mol. The number of ether oxygens (including phenoxy) is 1. The third-order valence-corrected chi connectivity index (χ3v) is 2.29. The van der Waals surface area contributed by atoms with E-state index in [0.717, 1.165) is 7.11 Å². The zero-order valence-corrected chi connectivity index (χ0v) is 9.21. The summed E-state index contributed by atoms with van der Waals surface area (Å²) in [5, 5.41) is 56.0. The van der Waals surface area contributed by atoms with Gasteiger partial charge in [0.1, 0.15) is 30.5 Å².